The van der Waals surface area contributed by atoms with Crippen LogP contribution in [0.15, 0.2) is 42.5 Å². The van der Waals surface area contributed by atoms with Crippen LogP contribution >= 0.6 is 0 Å². The Balaban J connectivity index is 2.47. The van der Waals surface area contributed by atoms with Crippen molar-refractivity contribution in [3.05, 3.63) is 59.4 Å². The molecule has 0 fully saturated rings. The molecule has 2 N–H and O–H groups in total. The molecule has 19 heavy (non-hydrogen) atoms. The van der Waals surface area contributed by atoms with Gasteiger partial charge in [-0.05, 0) is 41.0 Å². The molecule has 100 valence electrons. The van der Waals surface area contributed by atoms with E-state index in [-0.39, 0.29) is 12.1 Å². The summed E-state index contributed by atoms with van der Waals surface area (Å²) < 4.78 is 51.0. The lowest BCUT2D eigenvalue weighted by atomic mass is 9.99. The first-order chi connectivity index (χ1) is 8.91. The predicted octanol–water partition coefficient (Wildman–Crippen LogP) is 3.97. The van der Waals surface area contributed by atoms with Gasteiger partial charge in [0.15, 0.2) is 0 Å². The van der Waals surface area contributed by atoms with E-state index in [2.05, 4.69) is 0 Å². The third-order valence-corrected chi connectivity index (χ3v) is 2.81. The second-order valence-electron chi connectivity index (χ2n) is 4.08. The van der Waals surface area contributed by atoms with Crippen LogP contribution in [0.5, 0.6) is 0 Å². The smallest absolute Gasteiger partial charge is 0.326 e. The van der Waals surface area contributed by atoms with Crippen molar-refractivity contribution in [2.24, 2.45) is 5.73 Å². The molecule has 0 amide bonds. The molecule has 0 aromatic heterocycles. The summed E-state index contributed by atoms with van der Waals surface area (Å²) in [7, 11) is 0. The highest BCUT2D eigenvalue weighted by atomic mass is 19.4. The number of hydrogen-bond acceptors (Lipinski definition) is 1. The van der Waals surface area contributed by atoms with Crippen LogP contribution < -0.4 is 5.73 Å². The molecule has 0 spiro atoms. The van der Waals surface area contributed by atoms with Crippen molar-refractivity contribution in [1.29, 1.82) is 0 Å². The molecule has 1 nitrogen and oxygen atoms in total. The van der Waals surface area contributed by atoms with Gasteiger partial charge in [0, 0.05) is 6.54 Å². The lowest BCUT2D eigenvalue weighted by Crippen LogP contribution is -2.11. The SMILES string of the molecule is NCc1cc(-c2ccc(F)cc2)ccc1C(F)(F)F. The number of rotatable bonds is 2. The minimum Gasteiger partial charge on any atom is -0.326 e. The van der Waals surface area contributed by atoms with Gasteiger partial charge in [-0.3, -0.25) is 0 Å². The number of alkyl halides is 3. The van der Waals surface area contributed by atoms with Gasteiger partial charge in [-0.2, -0.15) is 13.2 Å². The van der Waals surface area contributed by atoms with Gasteiger partial charge in [-0.15, -0.1) is 0 Å². The summed E-state index contributed by atoms with van der Waals surface area (Å²) in [6.07, 6.45) is -4.42. The molecule has 0 aliphatic heterocycles. The standard InChI is InChI=1S/C14H11F4N/c15-12-4-1-9(2-5-12)10-3-6-13(14(16,17)18)11(7-10)8-19/h1-7H,8,19H2. The quantitative estimate of drug-likeness (QED) is 0.820. The molecule has 0 unspecified atom stereocenters. The van der Waals surface area contributed by atoms with E-state index in [0.29, 0.717) is 11.1 Å². The van der Waals surface area contributed by atoms with Crippen molar-refractivity contribution < 1.29 is 17.6 Å². The van der Waals surface area contributed by atoms with E-state index in [9.17, 15) is 17.6 Å². The zero-order valence-electron chi connectivity index (χ0n) is 9.84. The largest absolute Gasteiger partial charge is 0.416 e. The summed E-state index contributed by atoms with van der Waals surface area (Å²) in [4.78, 5) is 0. The summed E-state index contributed by atoms with van der Waals surface area (Å²) >= 11 is 0. The Kier molecular flexibility index (Phi) is 3.57. The van der Waals surface area contributed by atoms with Crippen LogP contribution in [-0.2, 0) is 12.7 Å². The first kappa shape index (κ1) is 13.5. The van der Waals surface area contributed by atoms with E-state index in [0.717, 1.165) is 6.07 Å². The van der Waals surface area contributed by atoms with Crippen molar-refractivity contribution in [2.75, 3.05) is 0 Å². The summed E-state index contributed by atoms with van der Waals surface area (Å²) in [5.41, 5.74) is 5.87. The van der Waals surface area contributed by atoms with E-state index in [1.165, 1.54) is 36.4 Å². The molecule has 2 aromatic rings. The summed E-state index contributed by atoms with van der Waals surface area (Å²) in [5, 5.41) is 0. The minimum atomic E-state index is -4.42. The van der Waals surface area contributed by atoms with Gasteiger partial charge in [0.05, 0.1) is 5.56 Å². The van der Waals surface area contributed by atoms with Gasteiger partial charge in [0.25, 0.3) is 0 Å². The third kappa shape index (κ3) is 2.93. The number of benzene rings is 2. The minimum absolute atomic E-state index is 0.0225. The summed E-state index contributed by atoms with van der Waals surface area (Å²) in [6, 6.07) is 9.28. The van der Waals surface area contributed by atoms with Crippen LogP contribution in [0, 0.1) is 5.82 Å². The zero-order valence-corrected chi connectivity index (χ0v) is 9.84. The van der Waals surface area contributed by atoms with Crippen molar-refractivity contribution in [3.8, 4) is 11.1 Å². The van der Waals surface area contributed by atoms with Crippen molar-refractivity contribution in [1.82, 2.24) is 0 Å². The topological polar surface area (TPSA) is 26.0 Å². The molecule has 2 aromatic carbocycles. The molecule has 0 heterocycles. The van der Waals surface area contributed by atoms with Crippen molar-refractivity contribution in [3.63, 3.8) is 0 Å². The number of nitrogens with two attached hydrogens (primary N) is 1. The molecule has 0 aliphatic carbocycles. The maximum Gasteiger partial charge on any atom is 0.416 e. The molecule has 0 radical (unpaired) electrons. The Morgan fingerprint density at radius 2 is 1.47 bits per heavy atom. The van der Waals surface area contributed by atoms with Crippen LogP contribution in [-0.4, -0.2) is 0 Å². The number of halogens is 4. The Labute approximate surface area is 107 Å². The molecule has 0 atom stereocenters. The van der Waals surface area contributed by atoms with Gasteiger partial charge >= 0.3 is 6.18 Å². The van der Waals surface area contributed by atoms with E-state index in [1.54, 1.807) is 0 Å². The molecule has 2 rings (SSSR count). The Morgan fingerprint density at radius 3 is 2.00 bits per heavy atom. The van der Waals surface area contributed by atoms with Crippen LogP contribution in [0.25, 0.3) is 11.1 Å². The van der Waals surface area contributed by atoms with Crippen molar-refractivity contribution >= 4 is 0 Å². The maximum atomic E-state index is 12.8. The van der Waals surface area contributed by atoms with Crippen LogP contribution in [0.4, 0.5) is 17.6 Å². The van der Waals surface area contributed by atoms with E-state index < -0.39 is 17.6 Å². The fourth-order valence-electron chi connectivity index (χ4n) is 1.86. The van der Waals surface area contributed by atoms with E-state index >= 15 is 0 Å². The number of hydrogen-bond donors (Lipinski definition) is 1. The lowest BCUT2D eigenvalue weighted by molar-refractivity contribution is -0.138. The zero-order chi connectivity index (χ0) is 14.0. The molecule has 5 heteroatoms. The average Bonchev–Trinajstić information content (AvgIpc) is 2.38. The first-order valence-corrected chi connectivity index (χ1v) is 5.58. The molecule has 0 aliphatic rings. The average molecular weight is 269 g/mol. The molecule has 0 saturated carbocycles. The highest BCUT2D eigenvalue weighted by molar-refractivity contribution is 5.65. The first-order valence-electron chi connectivity index (χ1n) is 5.58. The van der Waals surface area contributed by atoms with Crippen LogP contribution in [0.3, 0.4) is 0 Å². The Morgan fingerprint density at radius 1 is 0.895 bits per heavy atom. The van der Waals surface area contributed by atoms with Crippen molar-refractivity contribution in [2.45, 2.75) is 12.7 Å². The Hall–Kier alpha value is -1.88. The van der Waals surface area contributed by atoms with Gasteiger partial charge in [-0.25, -0.2) is 4.39 Å². The van der Waals surface area contributed by atoms with Crippen LogP contribution in [0.2, 0.25) is 0 Å². The maximum absolute atomic E-state index is 12.8. The van der Waals surface area contributed by atoms with Gasteiger partial charge in [-0.1, -0.05) is 18.2 Å². The molecular weight excluding hydrogens is 258 g/mol. The van der Waals surface area contributed by atoms with Gasteiger partial charge in [0.2, 0.25) is 0 Å². The van der Waals surface area contributed by atoms with E-state index in [1.807, 2.05) is 0 Å². The van der Waals surface area contributed by atoms with Crippen LogP contribution in [0.1, 0.15) is 11.1 Å². The summed E-state index contributed by atoms with van der Waals surface area (Å²) in [6.45, 7) is -0.204. The summed E-state index contributed by atoms with van der Waals surface area (Å²) in [5.74, 6) is -0.394. The monoisotopic (exact) mass is 269 g/mol. The fourth-order valence-corrected chi connectivity index (χ4v) is 1.86. The normalized spacial score (nSPS) is 11.6. The second kappa shape index (κ2) is 5.01. The molecule has 0 saturated heterocycles. The third-order valence-electron chi connectivity index (χ3n) is 2.81. The predicted molar refractivity (Wildman–Crippen MR) is 64.7 cm³/mol. The fraction of sp³-hybridized carbons (Fsp3) is 0.143. The van der Waals surface area contributed by atoms with E-state index in [4.69, 9.17) is 5.73 Å². The highest BCUT2D eigenvalue weighted by Crippen LogP contribution is 2.34. The Bertz CT molecular complexity index is 573. The second-order valence-corrected chi connectivity index (χ2v) is 4.08. The highest BCUT2D eigenvalue weighted by Gasteiger charge is 2.32. The molecule has 0 bridgehead atoms. The van der Waals surface area contributed by atoms with Gasteiger partial charge in [0.1, 0.15) is 5.82 Å². The van der Waals surface area contributed by atoms with Gasteiger partial charge < -0.3 is 5.73 Å². The lowest BCUT2D eigenvalue weighted by Gasteiger charge is -2.13. The molecular formula is C14H11F4N.